The van der Waals surface area contributed by atoms with E-state index in [1.807, 2.05) is 48.5 Å². The molecule has 0 aliphatic heterocycles. The van der Waals surface area contributed by atoms with E-state index in [-0.39, 0.29) is 11.4 Å². The van der Waals surface area contributed by atoms with Crippen LogP contribution in [0.1, 0.15) is 0 Å². The first-order valence-electron chi connectivity index (χ1n) is 7.84. The van der Waals surface area contributed by atoms with Crippen molar-refractivity contribution >= 4 is 27.6 Å². The van der Waals surface area contributed by atoms with Gasteiger partial charge in [0, 0.05) is 5.39 Å². The highest BCUT2D eigenvalue weighted by Gasteiger charge is 2.20. The maximum Gasteiger partial charge on any atom is 0.152 e. The average molecular weight is 331 g/mol. The Morgan fingerprint density at radius 2 is 1.36 bits per heavy atom. The fourth-order valence-electron chi connectivity index (χ4n) is 3.22. The van der Waals surface area contributed by atoms with Gasteiger partial charge in [0.05, 0.1) is 22.1 Å². The molecule has 2 heterocycles. The molecule has 0 bridgehead atoms. The Balaban J connectivity index is 2.07. The second kappa shape index (κ2) is 5.08. The Morgan fingerprint density at radius 1 is 0.680 bits per heavy atom. The Bertz CT molecular complexity index is 1250. The quantitative estimate of drug-likeness (QED) is 0.433. The van der Waals surface area contributed by atoms with Gasteiger partial charge < -0.3 is 0 Å². The zero-order valence-corrected chi connectivity index (χ0v) is 12.9. The smallest absolute Gasteiger partial charge is 0.152 e. The number of para-hydroxylation sites is 3. The first kappa shape index (κ1) is 14.0. The molecule has 3 nitrogen and oxygen atoms in total. The molecule has 0 spiro atoms. The van der Waals surface area contributed by atoms with E-state index in [1.54, 1.807) is 4.40 Å². The van der Waals surface area contributed by atoms with E-state index in [0.717, 1.165) is 16.4 Å². The van der Waals surface area contributed by atoms with Crippen molar-refractivity contribution in [2.24, 2.45) is 0 Å². The number of fused-ring (bicyclic) bond motifs is 5. The summed E-state index contributed by atoms with van der Waals surface area (Å²) in [7, 11) is 0. The van der Waals surface area contributed by atoms with Gasteiger partial charge in [-0.1, -0.05) is 30.3 Å². The third-order valence-corrected chi connectivity index (χ3v) is 4.33. The number of hydrogen-bond acceptors (Lipinski definition) is 2. The second-order valence-corrected chi connectivity index (χ2v) is 5.81. The predicted octanol–water partition coefficient (Wildman–Crippen LogP) is 4.98. The van der Waals surface area contributed by atoms with Crippen molar-refractivity contribution in [2.75, 3.05) is 0 Å². The van der Waals surface area contributed by atoms with Crippen molar-refractivity contribution in [1.82, 2.24) is 14.4 Å². The molecule has 5 heteroatoms. The zero-order chi connectivity index (χ0) is 17.0. The van der Waals surface area contributed by atoms with Crippen LogP contribution in [0.3, 0.4) is 0 Å². The van der Waals surface area contributed by atoms with Crippen LogP contribution in [0.5, 0.6) is 0 Å². The maximum atomic E-state index is 14.5. The van der Waals surface area contributed by atoms with Crippen molar-refractivity contribution in [3.8, 4) is 11.4 Å². The van der Waals surface area contributed by atoms with E-state index in [4.69, 9.17) is 0 Å². The molecule has 5 rings (SSSR count). The summed E-state index contributed by atoms with van der Waals surface area (Å²) in [6.07, 6.45) is 0. The minimum absolute atomic E-state index is 0.151. The Hall–Kier alpha value is -3.34. The summed E-state index contributed by atoms with van der Waals surface area (Å²) in [4.78, 5) is 9.23. The minimum Gasteiger partial charge on any atom is -0.276 e. The van der Waals surface area contributed by atoms with Crippen LogP contribution in [-0.2, 0) is 0 Å². The zero-order valence-electron chi connectivity index (χ0n) is 12.9. The summed E-state index contributed by atoms with van der Waals surface area (Å²) >= 11 is 0. The van der Waals surface area contributed by atoms with Crippen LogP contribution < -0.4 is 0 Å². The van der Waals surface area contributed by atoms with Crippen molar-refractivity contribution in [1.29, 1.82) is 0 Å². The molecule has 0 atom stereocenters. The molecule has 0 unspecified atom stereocenters. The number of rotatable bonds is 1. The summed E-state index contributed by atoms with van der Waals surface area (Å²) in [5.74, 6) is -1.10. The standard InChI is InChI=1S/C20H11F2N3/c21-13-7-5-8-14(22)18(13)20-23-15-9-2-1-6-12(15)19-24-16-10-3-4-11-17(16)25(19)20/h1-11H. The topological polar surface area (TPSA) is 30.2 Å². The Kier molecular flexibility index (Phi) is 2.85. The molecular formula is C20H11F2N3. The molecule has 3 aromatic carbocycles. The van der Waals surface area contributed by atoms with Crippen molar-refractivity contribution in [2.45, 2.75) is 0 Å². The molecule has 5 aromatic rings. The number of imidazole rings is 1. The molecule has 0 fully saturated rings. The van der Waals surface area contributed by atoms with E-state index in [9.17, 15) is 8.78 Å². The summed E-state index contributed by atoms with van der Waals surface area (Å²) < 4.78 is 30.6. The fraction of sp³-hybridized carbons (Fsp3) is 0. The number of halogens is 2. The van der Waals surface area contributed by atoms with Crippen LogP contribution in [0.15, 0.2) is 66.7 Å². The molecular weight excluding hydrogens is 320 g/mol. The van der Waals surface area contributed by atoms with Gasteiger partial charge in [-0.3, -0.25) is 4.40 Å². The highest BCUT2D eigenvalue weighted by atomic mass is 19.1. The lowest BCUT2D eigenvalue weighted by Crippen LogP contribution is -2.01. The molecule has 2 aromatic heterocycles. The number of hydrogen-bond donors (Lipinski definition) is 0. The minimum atomic E-state index is -0.651. The molecule has 0 saturated heterocycles. The lowest BCUT2D eigenvalue weighted by Gasteiger charge is -2.10. The third-order valence-electron chi connectivity index (χ3n) is 4.33. The van der Waals surface area contributed by atoms with Crippen LogP contribution in [0.4, 0.5) is 8.78 Å². The lowest BCUT2D eigenvalue weighted by atomic mass is 10.1. The number of aromatic nitrogens is 3. The first-order chi connectivity index (χ1) is 12.2. The van der Waals surface area contributed by atoms with Crippen LogP contribution >= 0.6 is 0 Å². The molecule has 0 N–H and O–H groups in total. The number of benzene rings is 3. The van der Waals surface area contributed by atoms with Gasteiger partial charge in [-0.25, -0.2) is 18.7 Å². The van der Waals surface area contributed by atoms with Crippen LogP contribution in [0.2, 0.25) is 0 Å². The van der Waals surface area contributed by atoms with Crippen molar-refractivity contribution < 1.29 is 8.78 Å². The van der Waals surface area contributed by atoms with Gasteiger partial charge in [-0.05, 0) is 36.4 Å². The van der Waals surface area contributed by atoms with Gasteiger partial charge >= 0.3 is 0 Å². The first-order valence-corrected chi connectivity index (χ1v) is 7.84. The summed E-state index contributed by atoms with van der Waals surface area (Å²) in [6, 6.07) is 18.8. The number of nitrogens with zero attached hydrogens (tertiary/aromatic N) is 3. The normalized spacial score (nSPS) is 11.6. The van der Waals surface area contributed by atoms with E-state index in [2.05, 4.69) is 9.97 Å². The van der Waals surface area contributed by atoms with Crippen LogP contribution in [0.25, 0.3) is 39.0 Å². The van der Waals surface area contributed by atoms with Crippen LogP contribution in [0, 0.1) is 11.6 Å². The van der Waals surface area contributed by atoms with E-state index < -0.39 is 11.6 Å². The van der Waals surface area contributed by atoms with E-state index in [0.29, 0.717) is 11.2 Å². The molecule has 0 amide bonds. The molecule has 120 valence electrons. The summed E-state index contributed by atoms with van der Waals surface area (Å²) in [6.45, 7) is 0. The van der Waals surface area contributed by atoms with Gasteiger partial charge in [-0.15, -0.1) is 0 Å². The van der Waals surface area contributed by atoms with E-state index in [1.165, 1.54) is 18.2 Å². The molecule has 0 radical (unpaired) electrons. The lowest BCUT2D eigenvalue weighted by molar-refractivity contribution is 0.587. The predicted molar refractivity (Wildman–Crippen MR) is 93.4 cm³/mol. The van der Waals surface area contributed by atoms with Gasteiger partial charge in [-0.2, -0.15) is 0 Å². The van der Waals surface area contributed by atoms with Gasteiger partial charge in [0.2, 0.25) is 0 Å². The van der Waals surface area contributed by atoms with E-state index >= 15 is 0 Å². The van der Waals surface area contributed by atoms with Gasteiger partial charge in [0.15, 0.2) is 5.82 Å². The second-order valence-electron chi connectivity index (χ2n) is 5.81. The molecule has 25 heavy (non-hydrogen) atoms. The van der Waals surface area contributed by atoms with Crippen molar-refractivity contribution in [3.05, 3.63) is 78.4 Å². The highest BCUT2D eigenvalue weighted by molar-refractivity contribution is 5.98. The average Bonchev–Trinajstić information content (AvgIpc) is 3.01. The summed E-state index contributed by atoms with van der Waals surface area (Å²) in [5, 5.41) is 0.833. The van der Waals surface area contributed by atoms with Gasteiger partial charge in [0.25, 0.3) is 0 Å². The Morgan fingerprint density at radius 3 is 2.16 bits per heavy atom. The monoisotopic (exact) mass is 331 g/mol. The Labute approximate surface area is 141 Å². The third kappa shape index (κ3) is 1.96. The van der Waals surface area contributed by atoms with Crippen LogP contribution in [-0.4, -0.2) is 14.4 Å². The van der Waals surface area contributed by atoms with Crippen molar-refractivity contribution in [3.63, 3.8) is 0 Å². The molecule has 0 aliphatic rings. The molecule has 0 saturated carbocycles. The largest absolute Gasteiger partial charge is 0.276 e. The highest BCUT2D eigenvalue weighted by Crippen LogP contribution is 2.31. The maximum absolute atomic E-state index is 14.5. The molecule has 0 aliphatic carbocycles. The fourth-order valence-corrected chi connectivity index (χ4v) is 3.22. The SMILES string of the molecule is Fc1cccc(F)c1-c1nc2ccccc2c2nc3ccccc3n12. The van der Waals surface area contributed by atoms with Gasteiger partial charge in [0.1, 0.15) is 17.3 Å². The summed E-state index contributed by atoms with van der Waals surface area (Å²) in [5.41, 5.74) is 2.63.